The molecule has 0 spiro atoms. The summed E-state index contributed by atoms with van der Waals surface area (Å²) in [6.45, 7) is 0. The van der Waals surface area contributed by atoms with Crippen molar-refractivity contribution in [3.8, 4) is 0 Å². The molecule has 0 saturated heterocycles. The first kappa shape index (κ1) is 13.8. The molecule has 0 aliphatic carbocycles. The maximum Gasteiger partial charge on any atom is 0.279 e. The molecule has 1 aromatic carbocycles. The Morgan fingerprint density at radius 2 is 2.21 bits per heavy atom. The summed E-state index contributed by atoms with van der Waals surface area (Å²) in [7, 11) is -3.74. The van der Waals surface area contributed by atoms with Gasteiger partial charge in [0.2, 0.25) is 0 Å². The molecule has 19 heavy (non-hydrogen) atoms. The van der Waals surface area contributed by atoms with E-state index in [1.807, 2.05) is 0 Å². The van der Waals surface area contributed by atoms with Crippen LogP contribution in [0.1, 0.15) is 5.56 Å². The van der Waals surface area contributed by atoms with Crippen LogP contribution in [-0.2, 0) is 10.0 Å². The molecular weight excluding hydrogens is 308 g/mol. The van der Waals surface area contributed by atoms with Crippen molar-refractivity contribution in [3.63, 3.8) is 0 Å². The highest BCUT2D eigenvalue weighted by atomic mass is 35.5. The predicted molar refractivity (Wildman–Crippen MR) is 76.7 cm³/mol. The maximum absolute atomic E-state index is 11.9. The van der Waals surface area contributed by atoms with Crippen LogP contribution < -0.4 is 10.5 Å². The molecule has 0 unspecified atom stereocenters. The minimum atomic E-state index is -3.74. The van der Waals surface area contributed by atoms with Crippen LogP contribution in [0, 0.1) is 0 Å². The molecule has 1 heterocycles. The van der Waals surface area contributed by atoms with Crippen LogP contribution in [0.5, 0.6) is 0 Å². The van der Waals surface area contributed by atoms with E-state index in [-0.39, 0.29) is 20.7 Å². The van der Waals surface area contributed by atoms with Crippen molar-refractivity contribution in [2.75, 3.05) is 4.72 Å². The van der Waals surface area contributed by atoms with Gasteiger partial charge in [0.15, 0.2) is 5.03 Å². The fraction of sp³-hybridized carbons (Fsp3) is 0. The lowest BCUT2D eigenvalue weighted by molar-refractivity contribution is 0.598. The Morgan fingerprint density at radius 1 is 1.47 bits per heavy atom. The zero-order valence-corrected chi connectivity index (χ0v) is 11.8. The van der Waals surface area contributed by atoms with Gasteiger partial charge in [-0.25, -0.2) is 4.98 Å². The van der Waals surface area contributed by atoms with Crippen molar-refractivity contribution in [1.29, 1.82) is 0 Å². The Labute approximate surface area is 120 Å². The first-order valence-corrected chi connectivity index (χ1v) is 7.27. The number of anilines is 1. The Kier molecular flexibility index (Phi) is 3.74. The lowest BCUT2D eigenvalue weighted by atomic mass is 10.2. The number of nitrogens with one attached hydrogen (secondary N) is 2. The Hall–Kier alpha value is -1.64. The average molecular weight is 317 g/mol. The number of thiocarbonyl (C=S) groups is 1. The van der Waals surface area contributed by atoms with E-state index in [9.17, 15) is 8.42 Å². The largest absolute Gasteiger partial charge is 0.389 e. The van der Waals surface area contributed by atoms with E-state index in [0.717, 1.165) is 0 Å². The van der Waals surface area contributed by atoms with Crippen molar-refractivity contribution >= 4 is 44.5 Å². The number of hydrogen-bond donors (Lipinski definition) is 3. The number of hydrogen-bond acceptors (Lipinski definition) is 4. The molecule has 0 saturated carbocycles. The van der Waals surface area contributed by atoms with Crippen LogP contribution in [0.2, 0.25) is 5.02 Å². The zero-order chi connectivity index (χ0) is 14.0. The summed E-state index contributed by atoms with van der Waals surface area (Å²) in [5.41, 5.74) is 6.25. The highest BCUT2D eigenvalue weighted by Crippen LogP contribution is 2.25. The average Bonchev–Trinajstić information content (AvgIpc) is 2.85. The van der Waals surface area contributed by atoms with Gasteiger partial charge in [0.25, 0.3) is 10.0 Å². The number of aromatic amines is 1. The topological polar surface area (TPSA) is 101 Å². The normalized spacial score (nSPS) is 11.2. The first-order valence-electron chi connectivity index (χ1n) is 5.01. The summed E-state index contributed by atoms with van der Waals surface area (Å²) in [5.74, 6) is 0. The van der Waals surface area contributed by atoms with Crippen LogP contribution >= 0.6 is 23.8 Å². The summed E-state index contributed by atoms with van der Waals surface area (Å²) in [6.07, 6.45) is 2.46. The molecule has 6 nitrogen and oxygen atoms in total. The minimum Gasteiger partial charge on any atom is -0.389 e. The van der Waals surface area contributed by atoms with E-state index in [1.54, 1.807) is 6.07 Å². The van der Waals surface area contributed by atoms with Crippen LogP contribution in [-0.4, -0.2) is 23.4 Å². The molecule has 2 rings (SSSR count). The number of nitrogens with two attached hydrogens (primary N) is 1. The van der Waals surface area contributed by atoms with Crippen LogP contribution in [0.15, 0.2) is 35.7 Å². The molecule has 9 heteroatoms. The third-order valence-corrected chi connectivity index (χ3v) is 4.10. The minimum absolute atomic E-state index is 0.0537. The van der Waals surface area contributed by atoms with E-state index >= 15 is 0 Å². The standard InChI is InChI=1S/C10H9ClN4O2S2/c11-7-3-6(10(12)18)1-2-8(7)15-19(16,17)9-4-13-5-14-9/h1-5,15H,(H2,12,18)(H,13,14). The number of halogens is 1. The number of benzene rings is 1. The highest BCUT2D eigenvalue weighted by Gasteiger charge is 2.17. The number of imidazole rings is 1. The molecule has 0 aliphatic rings. The molecule has 0 aliphatic heterocycles. The van der Waals surface area contributed by atoms with Gasteiger partial charge in [-0.05, 0) is 18.2 Å². The maximum atomic E-state index is 11.9. The van der Waals surface area contributed by atoms with Gasteiger partial charge in [-0.15, -0.1) is 0 Å². The van der Waals surface area contributed by atoms with Crippen molar-refractivity contribution in [1.82, 2.24) is 9.97 Å². The quantitative estimate of drug-likeness (QED) is 0.742. The molecule has 4 N–H and O–H groups in total. The lowest BCUT2D eigenvalue weighted by Crippen LogP contribution is -2.14. The van der Waals surface area contributed by atoms with Gasteiger partial charge >= 0.3 is 0 Å². The number of nitrogens with zero attached hydrogens (tertiary/aromatic N) is 1. The van der Waals surface area contributed by atoms with E-state index < -0.39 is 10.0 Å². The molecule has 0 fully saturated rings. The van der Waals surface area contributed by atoms with Crippen molar-refractivity contribution < 1.29 is 8.42 Å². The van der Waals surface area contributed by atoms with Gasteiger partial charge in [-0.3, -0.25) is 4.72 Å². The molecule has 2 aromatic rings. The third-order valence-electron chi connectivity index (χ3n) is 2.26. The smallest absolute Gasteiger partial charge is 0.279 e. The Morgan fingerprint density at radius 3 is 2.74 bits per heavy atom. The molecule has 1 aromatic heterocycles. The van der Waals surface area contributed by atoms with Crippen LogP contribution in [0.4, 0.5) is 5.69 Å². The fourth-order valence-electron chi connectivity index (χ4n) is 1.34. The lowest BCUT2D eigenvalue weighted by Gasteiger charge is -2.09. The zero-order valence-electron chi connectivity index (χ0n) is 9.42. The van der Waals surface area contributed by atoms with Gasteiger partial charge in [0.1, 0.15) is 4.99 Å². The number of rotatable bonds is 4. The summed E-state index contributed by atoms with van der Waals surface area (Å²) in [5, 5.41) is 0.148. The number of H-pyrrole nitrogens is 1. The highest BCUT2D eigenvalue weighted by molar-refractivity contribution is 7.92. The molecule has 0 atom stereocenters. The van der Waals surface area contributed by atoms with E-state index in [1.165, 1.54) is 24.7 Å². The van der Waals surface area contributed by atoms with E-state index in [4.69, 9.17) is 29.6 Å². The van der Waals surface area contributed by atoms with Crippen LogP contribution in [0.25, 0.3) is 0 Å². The number of aromatic nitrogens is 2. The van der Waals surface area contributed by atoms with Crippen LogP contribution in [0.3, 0.4) is 0 Å². The fourth-order valence-corrected chi connectivity index (χ4v) is 2.74. The van der Waals surface area contributed by atoms with E-state index in [0.29, 0.717) is 5.56 Å². The summed E-state index contributed by atoms with van der Waals surface area (Å²) >= 11 is 10.8. The Bertz CT molecular complexity index is 713. The van der Waals surface area contributed by atoms with Gasteiger partial charge in [0.05, 0.1) is 23.2 Å². The summed E-state index contributed by atoms with van der Waals surface area (Å²) in [6, 6.07) is 4.57. The van der Waals surface area contributed by atoms with Gasteiger partial charge in [0, 0.05) is 5.56 Å². The second-order valence-corrected chi connectivity index (χ2v) is 6.08. The van der Waals surface area contributed by atoms with E-state index in [2.05, 4.69) is 14.7 Å². The second-order valence-electron chi connectivity index (χ2n) is 3.58. The molecule has 100 valence electrons. The molecule has 0 amide bonds. The summed E-state index contributed by atoms with van der Waals surface area (Å²) in [4.78, 5) is 6.33. The SMILES string of the molecule is NC(=S)c1ccc(NS(=O)(=O)c2cnc[nH]2)c(Cl)c1. The Balaban J connectivity index is 2.32. The van der Waals surface area contributed by atoms with Crippen molar-refractivity contribution in [2.24, 2.45) is 5.73 Å². The third kappa shape index (κ3) is 3.03. The predicted octanol–water partition coefficient (Wildman–Crippen LogP) is 1.50. The molecule has 0 bridgehead atoms. The monoisotopic (exact) mass is 316 g/mol. The second kappa shape index (κ2) is 5.16. The molecular formula is C10H9ClN4O2S2. The van der Waals surface area contributed by atoms with Crippen molar-refractivity contribution in [2.45, 2.75) is 5.03 Å². The van der Waals surface area contributed by atoms with Gasteiger partial charge < -0.3 is 10.7 Å². The van der Waals surface area contributed by atoms with Gasteiger partial charge in [-0.1, -0.05) is 23.8 Å². The van der Waals surface area contributed by atoms with Crippen molar-refractivity contribution in [3.05, 3.63) is 41.3 Å². The summed E-state index contributed by atoms with van der Waals surface area (Å²) < 4.78 is 26.2. The molecule has 0 radical (unpaired) electrons. The number of sulfonamides is 1. The van der Waals surface area contributed by atoms with Gasteiger partial charge in [-0.2, -0.15) is 8.42 Å². The first-order chi connectivity index (χ1) is 8.90.